The summed E-state index contributed by atoms with van der Waals surface area (Å²) in [5.41, 5.74) is 0.688. The van der Waals surface area contributed by atoms with Gasteiger partial charge in [0.25, 0.3) is 5.91 Å². The van der Waals surface area contributed by atoms with Gasteiger partial charge in [0, 0.05) is 19.6 Å². The fraction of sp³-hybridized carbons (Fsp3) is 0.316. The molecule has 2 aromatic carbocycles. The highest BCUT2D eigenvalue weighted by Gasteiger charge is 2.21. The van der Waals surface area contributed by atoms with Crippen LogP contribution in [0.25, 0.3) is 0 Å². The van der Waals surface area contributed by atoms with Crippen LogP contribution < -0.4 is 15.2 Å². The van der Waals surface area contributed by atoms with Crippen LogP contribution in [0.3, 0.4) is 0 Å². The van der Waals surface area contributed by atoms with Gasteiger partial charge in [0.05, 0.1) is 22.5 Å². The molecular formula is C19H25N3O6S2. The van der Waals surface area contributed by atoms with Crippen LogP contribution in [0.15, 0.2) is 52.3 Å². The predicted octanol–water partition coefficient (Wildman–Crippen LogP) is 1.30. The first kappa shape index (κ1) is 23.8. The van der Waals surface area contributed by atoms with Gasteiger partial charge in [-0.1, -0.05) is 26.0 Å². The van der Waals surface area contributed by atoms with Gasteiger partial charge in [-0.25, -0.2) is 22.0 Å². The minimum Gasteiger partial charge on any atom is -0.496 e. The molecule has 9 nitrogen and oxygen atoms in total. The van der Waals surface area contributed by atoms with Crippen molar-refractivity contribution in [1.82, 2.24) is 9.62 Å². The molecule has 0 spiro atoms. The maximum Gasteiger partial charge on any atom is 0.255 e. The van der Waals surface area contributed by atoms with Gasteiger partial charge in [-0.15, -0.1) is 0 Å². The van der Waals surface area contributed by atoms with Crippen molar-refractivity contribution in [3.63, 3.8) is 0 Å². The van der Waals surface area contributed by atoms with Gasteiger partial charge in [-0.3, -0.25) is 4.79 Å². The van der Waals surface area contributed by atoms with Crippen molar-refractivity contribution < 1.29 is 26.4 Å². The number of rotatable bonds is 9. The molecule has 11 heteroatoms. The van der Waals surface area contributed by atoms with Crippen LogP contribution in [0.1, 0.15) is 29.8 Å². The summed E-state index contributed by atoms with van der Waals surface area (Å²) < 4.78 is 54.6. The van der Waals surface area contributed by atoms with E-state index >= 15 is 0 Å². The van der Waals surface area contributed by atoms with E-state index in [0.29, 0.717) is 18.7 Å². The fourth-order valence-corrected chi connectivity index (χ4v) is 4.81. The lowest BCUT2D eigenvalue weighted by Gasteiger charge is -2.18. The normalized spacial score (nSPS) is 12.0. The number of carbonyl (C=O) groups is 1. The summed E-state index contributed by atoms with van der Waals surface area (Å²) in [5, 5.41) is 7.78. The molecule has 3 N–H and O–H groups in total. The Morgan fingerprint density at radius 3 is 2.07 bits per heavy atom. The zero-order valence-electron chi connectivity index (χ0n) is 17.0. The number of methoxy groups -OCH3 is 1. The topological polar surface area (TPSA) is 136 Å². The first-order chi connectivity index (χ1) is 14.0. The van der Waals surface area contributed by atoms with Crippen LogP contribution in [-0.4, -0.2) is 47.2 Å². The SMILES string of the molecule is CCN(CC)S(=O)(=O)c1ccc(CNC(=O)c2cc(S(N)(=O)=O)ccc2OC)cc1. The Bertz CT molecular complexity index is 1110. The van der Waals surface area contributed by atoms with E-state index in [1.165, 1.54) is 35.7 Å². The van der Waals surface area contributed by atoms with Crippen LogP contribution in [0.5, 0.6) is 5.75 Å². The summed E-state index contributed by atoms with van der Waals surface area (Å²) in [7, 11) is -6.18. The molecule has 2 aromatic rings. The summed E-state index contributed by atoms with van der Waals surface area (Å²) in [6.45, 7) is 4.38. The molecule has 0 aliphatic carbocycles. The molecule has 164 valence electrons. The molecule has 0 fully saturated rings. The summed E-state index contributed by atoms with van der Waals surface area (Å²) in [6.07, 6.45) is 0. The van der Waals surface area contributed by atoms with E-state index in [4.69, 9.17) is 9.88 Å². The number of hydrogen-bond acceptors (Lipinski definition) is 6. The molecule has 0 aliphatic rings. The number of benzene rings is 2. The fourth-order valence-electron chi connectivity index (χ4n) is 2.81. The van der Waals surface area contributed by atoms with E-state index in [1.54, 1.807) is 26.0 Å². The number of sulfonamides is 2. The maximum absolute atomic E-state index is 12.5. The molecular weight excluding hydrogens is 430 g/mol. The standard InChI is InChI=1S/C19H25N3O6S2/c1-4-22(5-2)30(26,27)15-8-6-14(7-9-15)13-21-19(23)17-12-16(29(20,24)25)10-11-18(17)28-3/h6-12H,4-5,13H2,1-3H3,(H,21,23)(H2,20,24,25). The van der Waals surface area contributed by atoms with Gasteiger partial charge >= 0.3 is 0 Å². The van der Waals surface area contributed by atoms with Gasteiger partial charge in [0.1, 0.15) is 5.75 Å². The lowest BCUT2D eigenvalue weighted by molar-refractivity contribution is 0.0947. The minimum atomic E-state index is -3.98. The van der Waals surface area contributed by atoms with Crippen LogP contribution in [0.4, 0.5) is 0 Å². The van der Waals surface area contributed by atoms with Gasteiger partial charge in [0.2, 0.25) is 20.0 Å². The average Bonchev–Trinajstić information content (AvgIpc) is 2.71. The number of ether oxygens (including phenoxy) is 1. The molecule has 1 amide bonds. The van der Waals surface area contributed by atoms with Crippen LogP contribution >= 0.6 is 0 Å². The number of nitrogens with one attached hydrogen (secondary N) is 1. The number of carbonyl (C=O) groups excluding carboxylic acids is 1. The third-order valence-electron chi connectivity index (χ3n) is 4.46. The summed E-state index contributed by atoms with van der Waals surface area (Å²) >= 11 is 0. The van der Waals surface area contributed by atoms with E-state index in [9.17, 15) is 21.6 Å². The third-order valence-corrected chi connectivity index (χ3v) is 7.44. The molecule has 0 heterocycles. The largest absolute Gasteiger partial charge is 0.496 e. The second kappa shape index (κ2) is 9.56. The molecule has 0 aromatic heterocycles. The molecule has 0 unspecified atom stereocenters. The molecule has 0 bridgehead atoms. The molecule has 0 aliphatic heterocycles. The smallest absolute Gasteiger partial charge is 0.255 e. The van der Waals surface area contributed by atoms with Gasteiger partial charge < -0.3 is 10.1 Å². The molecule has 30 heavy (non-hydrogen) atoms. The predicted molar refractivity (Wildman–Crippen MR) is 112 cm³/mol. The second-order valence-electron chi connectivity index (χ2n) is 6.32. The highest BCUT2D eigenvalue weighted by atomic mass is 32.2. The van der Waals surface area contributed by atoms with E-state index < -0.39 is 26.0 Å². The number of nitrogens with zero attached hydrogens (tertiary/aromatic N) is 1. The number of hydrogen-bond donors (Lipinski definition) is 2. The number of nitrogens with two attached hydrogens (primary N) is 1. The van der Waals surface area contributed by atoms with E-state index in [-0.39, 0.29) is 27.6 Å². The zero-order chi connectivity index (χ0) is 22.5. The Hall–Kier alpha value is -2.47. The van der Waals surface area contributed by atoms with Crippen LogP contribution in [-0.2, 0) is 26.6 Å². The van der Waals surface area contributed by atoms with Crippen molar-refractivity contribution in [2.24, 2.45) is 5.14 Å². The van der Waals surface area contributed by atoms with E-state index in [1.807, 2.05) is 0 Å². The third kappa shape index (κ3) is 5.36. The highest BCUT2D eigenvalue weighted by molar-refractivity contribution is 7.89. The second-order valence-corrected chi connectivity index (χ2v) is 9.82. The van der Waals surface area contributed by atoms with Crippen molar-refractivity contribution in [2.75, 3.05) is 20.2 Å². The first-order valence-corrected chi connectivity index (χ1v) is 12.1. The van der Waals surface area contributed by atoms with Crippen molar-refractivity contribution >= 4 is 26.0 Å². The Morgan fingerprint density at radius 2 is 1.57 bits per heavy atom. The van der Waals surface area contributed by atoms with E-state index in [2.05, 4.69) is 5.32 Å². The summed E-state index contributed by atoms with van der Waals surface area (Å²) in [4.78, 5) is 12.5. The van der Waals surface area contributed by atoms with E-state index in [0.717, 1.165) is 6.07 Å². The Labute approximate surface area is 176 Å². The highest BCUT2D eigenvalue weighted by Crippen LogP contribution is 2.22. The molecule has 0 saturated heterocycles. The molecule has 2 rings (SSSR count). The average molecular weight is 456 g/mol. The maximum atomic E-state index is 12.5. The van der Waals surface area contributed by atoms with Crippen molar-refractivity contribution in [1.29, 1.82) is 0 Å². The quantitative estimate of drug-likeness (QED) is 0.585. The van der Waals surface area contributed by atoms with Gasteiger partial charge in [-0.05, 0) is 35.9 Å². The van der Waals surface area contributed by atoms with Crippen molar-refractivity contribution in [2.45, 2.75) is 30.2 Å². The minimum absolute atomic E-state index is 0.0183. The van der Waals surface area contributed by atoms with Crippen molar-refractivity contribution in [3.05, 3.63) is 53.6 Å². The van der Waals surface area contributed by atoms with Gasteiger partial charge in [0.15, 0.2) is 0 Å². The Kier molecular flexibility index (Phi) is 7.59. The Balaban J connectivity index is 2.17. The lowest BCUT2D eigenvalue weighted by atomic mass is 10.1. The number of primary sulfonamides is 1. The molecule has 0 radical (unpaired) electrons. The lowest BCUT2D eigenvalue weighted by Crippen LogP contribution is -2.30. The monoisotopic (exact) mass is 455 g/mol. The molecule has 0 atom stereocenters. The van der Waals surface area contributed by atoms with Crippen molar-refractivity contribution in [3.8, 4) is 5.75 Å². The first-order valence-electron chi connectivity index (χ1n) is 9.12. The number of amides is 1. The summed E-state index contributed by atoms with van der Waals surface area (Å²) in [5.74, 6) is -0.363. The zero-order valence-corrected chi connectivity index (χ0v) is 18.6. The molecule has 0 saturated carbocycles. The van der Waals surface area contributed by atoms with Crippen LogP contribution in [0.2, 0.25) is 0 Å². The van der Waals surface area contributed by atoms with Crippen LogP contribution in [0, 0.1) is 0 Å². The summed E-state index contributed by atoms with van der Waals surface area (Å²) in [6, 6.07) is 9.92. The Morgan fingerprint density at radius 1 is 1.00 bits per heavy atom. The van der Waals surface area contributed by atoms with Gasteiger partial charge in [-0.2, -0.15) is 4.31 Å².